The molecule has 0 heterocycles. The Hall–Kier alpha value is -1.06. The Morgan fingerprint density at radius 3 is 2.71 bits per heavy atom. The van der Waals surface area contributed by atoms with E-state index in [9.17, 15) is 4.79 Å². The van der Waals surface area contributed by atoms with Crippen LogP contribution in [0.5, 0.6) is 0 Å². The largest absolute Gasteiger partial charge is 0.394 e. The van der Waals surface area contributed by atoms with Crippen LogP contribution in [0.1, 0.15) is 26.3 Å². The van der Waals surface area contributed by atoms with Gasteiger partial charge >= 0.3 is 0 Å². The molecular formula is C13H18ClNO2. The average molecular weight is 256 g/mol. The van der Waals surface area contributed by atoms with E-state index >= 15 is 0 Å². The molecule has 0 spiro atoms. The highest BCUT2D eigenvalue weighted by atomic mass is 35.5. The van der Waals surface area contributed by atoms with Gasteiger partial charge in [0.05, 0.1) is 12.0 Å². The molecule has 94 valence electrons. The van der Waals surface area contributed by atoms with Gasteiger partial charge in [-0.15, -0.1) is 0 Å². The van der Waals surface area contributed by atoms with E-state index in [-0.39, 0.29) is 18.6 Å². The van der Waals surface area contributed by atoms with Gasteiger partial charge < -0.3 is 10.4 Å². The van der Waals surface area contributed by atoms with Crippen LogP contribution in [0.15, 0.2) is 24.3 Å². The molecule has 1 atom stereocenters. The first kappa shape index (κ1) is 14.0. The molecular weight excluding hydrogens is 238 g/mol. The minimum atomic E-state index is -0.672. The van der Waals surface area contributed by atoms with E-state index in [1.165, 1.54) is 0 Å². The van der Waals surface area contributed by atoms with Crippen LogP contribution in [0, 0.1) is 0 Å². The van der Waals surface area contributed by atoms with Crippen LogP contribution in [0.25, 0.3) is 0 Å². The smallest absolute Gasteiger partial charge is 0.230 e. The molecule has 0 saturated heterocycles. The van der Waals surface area contributed by atoms with E-state index in [1.54, 1.807) is 19.1 Å². The van der Waals surface area contributed by atoms with E-state index in [0.717, 1.165) is 5.56 Å². The molecule has 0 fully saturated rings. The topological polar surface area (TPSA) is 49.3 Å². The van der Waals surface area contributed by atoms with Crippen molar-refractivity contribution in [2.75, 3.05) is 6.61 Å². The van der Waals surface area contributed by atoms with Gasteiger partial charge in [-0.05, 0) is 38.5 Å². The number of rotatable bonds is 4. The fraction of sp³-hybridized carbons (Fsp3) is 0.462. The third kappa shape index (κ3) is 3.45. The molecule has 0 saturated carbocycles. The molecule has 17 heavy (non-hydrogen) atoms. The standard InChI is InChI=1S/C13H18ClNO2/c1-9(8-16)15-12(17)13(2,3)10-5-4-6-11(14)7-10/h4-7,9,16H,8H2,1-3H3,(H,15,17). The molecule has 0 aliphatic heterocycles. The molecule has 0 bridgehead atoms. The van der Waals surface area contributed by atoms with Crippen molar-refractivity contribution in [3.05, 3.63) is 34.9 Å². The van der Waals surface area contributed by atoms with E-state index in [2.05, 4.69) is 5.32 Å². The van der Waals surface area contributed by atoms with Crippen LogP contribution in [0.2, 0.25) is 5.02 Å². The maximum Gasteiger partial charge on any atom is 0.230 e. The van der Waals surface area contributed by atoms with Crippen molar-refractivity contribution >= 4 is 17.5 Å². The fourth-order valence-corrected chi connectivity index (χ4v) is 1.65. The Balaban J connectivity index is 2.90. The number of carbonyl (C=O) groups excluding carboxylic acids is 1. The van der Waals surface area contributed by atoms with E-state index in [0.29, 0.717) is 5.02 Å². The zero-order valence-corrected chi connectivity index (χ0v) is 11.1. The number of carbonyl (C=O) groups is 1. The Kier molecular flexibility index (Phi) is 4.54. The van der Waals surface area contributed by atoms with Gasteiger partial charge in [0.1, 0.15) is 0 Å². The lowest BCUT2D eigenvalue weighted by Gasteiger charge is -2.26. The van der Waals surface area contributed by atoms with E-state index in [1.807, 2.05) is 26.0 Å². The normalized spacial score (nSPS) is 13.2. The minimum absolute atomic E-state index is 0.0721. The SMILES string of the molecule is CC(CO)NC(=O)C(C)(C)c1cccc(Cl)c1. The summed E-state index contributed by atoms with van der Waals surface area (Å²) in [7, 11) is 0. The summed E-state index contributed by atoms with van der Waals surface area (Å²) < 4.78 is 0. The molecule has 1 aromatic rings. The molecule has 3 nitrogen and oxygen atoms in total. The van der Waals surface area contributed by atoms with Crippen molar-refractivity contribution in [1.82, 2.24) is 5.32 Å². The van der Waals surface area contributed by atoms with Gasteiger partial charge in [0.2, 0.25) is 5.91 Å². The predicted octanol–water partition coefficient (Wildman–Crippen LogP) is 2.11. The van der Waals surface area contributed by atoms with Crippen LogP contribution < -0.4 is 5.32 Å². The summed E-state index contributed by atoms with van der Waals surface area (Å²) in [5.74, 6) is -0.124. The molecule has 1 unspecified atom stereocenters. The third-order valence-corrected chi connectivity index (χ3v) is 3.00. The monoisotopic (exact) mass is 255 g/mol. The lowest BCUT2D eigenvalue weighted by Crippen LogP contribution is -2.45. The summed E-state index contributed by atoms with van der Waals surface area (Å²) in [6.45, 7) is 5.35. The highest BCUT2D eigenvalue weighted by Gasteiger charge is 2.30. The molecule has 0 aliphatic carbocycles. The summed E-state index contributed by atoms with van der Waals surface area (Å²) in [6, 6.07) is 7.00. The molecule has 0 aromatic heterocycles. The van der Waals surface area contributed by atoms with Gasteiger partial charge in [0.25, 0.3) is 0 Å². The number of aliphatic hydroxyl groups excluding tert-OH is 1. The maximum atomic E-state index is 12.1. The van der Waals surface area contributed by atoms with Crippen LogP contribution in [-0.4, -0.2) is 23.7 Å². The molecule has 1 aromatic carbocycles. The Morgan fingerprint density at radius 2 is 2.18 bits per heavy atom. The lowest BCUT2D eigenvalue weighted by atomic mass is 9.83. The number of nitrogens with one attached hydrogen (secondary N) is 1. The number of benzene rings is 1. The molecule has 4 heteroatoms. The minimum Gasteiger partial charge on any atom is -0.394 e. The van der Waals surface area contributed by atoms with Gasteiger partial charge in [-0.2, -0.15) is 0 Å². The Bertz CT molecular complexity index is 404. The van der Waals surface area contributed by atoms with Gasteiger partial charge in [0, 0.05) is 11.1 Å². The highest BCUT2D eigenvalue weighted by Crippen LogP contribution is 2.25. The lowest BCUT2D eigenvalue weighted by molar-refractivity contribution is -0.126. The molecule has 1 rings (SSSR count). The first-order valence-electron chi connectivity index (χ1n) is 5.55. The van der Waals surface area contributed by atoms with Crippen LogP contribution in [0.3, 0.4) is 0 Å². The fourth-order valence-electron chi connectivity index (χ4n) is 1.46. The van der Waals surface area contributed by atoms with Crippen LogP contribution in [0.4, 0.5) is 0 Å². The Morgan fingerprint density at radius 1 is 1.53 bits per heavy atom. The zero-order chi connectivity index (χ0) is 13.1. The van der Waals surface area contributed by atoms with Gasteiger partial charge in [-0.3, -0.25) is 4.79 Å². The first-order valence-corrected chi connectivity index (χ1v) is 5.93. The van der Waals surface area contributed by atoms with Crippen molar-refractivity contribution in [3.8, 4) is 0 Å². The summed E-state index contributed by atoms with van der Waals surface area (Å²) in [4.78, 5) is 12.1. The van der Waals surface area contributed by atoms with Gasteiger partial charge in [-0.1, -0.05) is 23.7 Å². The summed E-state index contributed by atoms with van der Waals surface area (Å²) in [6.07, 6.45) is 0. The maximum absolute atomic E-state index is 12.1. The number of halogens is 1. The predicted molar refractivity (Wildman–Crippen MR) is 69.2 cm³/mol. The summed E-state index contributed by atoms with van der Waals surface area (Å²) in [5, 5.41) is 12.3. The van der Waals surface area contributed by atoms with Crippen molar-refractivity contribution < 1.29 is 9.90 Å². The van der Waals surface area contributed by atoms with Gasteiger partial charge in [-0.25, -0.2) is 0 Å². The summed E-state index contributed by atoms with van der Waals surface area (Å²) in [5.41, 5.74) is 0.182. The van der Waals surface area contributed by atoms with Crippen molar-refractivity contribution in [3.63, 3.8) is 0 Å². The van der Waals surface area contributed by atoms with Crippen LogP contribution >= 0.6 is 11.6 Å². The van der Waals surface area contributed by atoms with Crippen molar-refractivity contribution in [1.29, 1.82) is 0 Å². The Labute approximate surface area is 107 Å². The number of hydrogen-bond donors (Lipinski definition) is 2. The van der Waals surface area contributed by atoms with Crippen LogP contribution in [-0.2, 0) is 10.2 Å². The molecule has 2 N–H and O–H groups in total. The van der Waals surface area contributed by atoms with Crippen molar-refractivity contribution in [2.45, 2.75) is 32.2 Å². The molecule has 1 amide bonds. The second-order valence-corrected chi connectivity index (χ2v) is 5.13. The third-order valence-electron chi connectivity index (χ3n) is 2.77. The number of aliphatic hydroxyl groups is 1. The van der Waals surface area contributed by atoms with Gasteiger partial charge in [0.15, 0.2) is 0 Å². The highest BCUT2D eigenvalue weighted by molar-refractivity contribution is 6.30. The van der Waals surface area contributed by atoms with E-state index < -0.39 is 5.41 Å². The second kappa shape index (κ2) is 5.52. The second-order valence-electron chi connectivity index (χ2n) is 4.69. The average Bonchev–Trinajstić information content (AvgIpc) is 2.28. The molecule has 0 radical (unpaired) electrons. The number of amides is 1. The summed E-state index contributed by atoms with van der Waals surface area (Å²) >= 11 is 5.92. The first-order chi connectivity index (χ1) is 7.87. The van der Waals surface area contributed by atoms with E-state index in [4.69, 9.17) is 16.7 Å². The molecule has 0 aliphatic rings. The van der Waals surface area contributed by atoms with Crippen molar-refractivity contribution in [2.24, 2.45) is 0 Å². The quantitative estimate of drug-likeness (QED) is 0.866. The number of hydrogen-bond acceptors (Lipinski definition) is 2. The zero-order valence-electron chi connectivity index (χ0n) is 10.3.